The van der Waals surface area contributed by atoms with E-state index in [1.807, 2.05) is 0 Å². The first-order chi connectivity index (χ1) is 11.0. The molecule has 0 unspecified atom stereocenters. The van der Waals surface area contributed by atoms with Crippen molar-refractivity contribution in [1.82, 2.24) is 5.01 Å². The Hall–Kier alpha value is -0.170. The van der Waals surface area contributed by atoms with Crippen LogP contribution < -0.4 is 5.84 Å². The van der Waals surface area contributed by atoms with Crippen LogP contribution in [0.5, 0.6) is 0 Å². The van der Waals surface area contributed by atoms with Gasteiger partial charge in [0.2, 0.25) is 0 Å². The first-order valence-corrected chi connectivity index (χ1v) is 11.0. The molecule has 0 aliphatic heterocycles. The predicted molar refractivity (Wildman–Crippen MR) is 97.9 cm³/mol. The van der Waals surface area contributed by atoms with Crippen molar-refractivity contribution >= 4 is 10.1 Å². The zero-order chi connectivity index (χ0) is 17.4. The minimum atomic E-state index is -3.85. The zero-order valence-electron chi connectivity index (χ0n) is 15.0. The molecule has 0 atom stereocenters. The van der Waals surface area contributed by atoms with Gasteiger partial charge in [-0.3, -0.25) is 10.4 Å². The number of nitrogens with zero attached hydrogens (tertiary/aromatic N) is 1. The van der Waals surface area contributed by atoms with Crippen molar-refractivity contribution in [3.8, 4) is 0 Å². The Kier molecular flexibility index (Phi) is 15.2. The van der Waals surface area contributed by atoms with Gasteiger partial charge >= 0.3 is 0 Å². The van der Waals surface area contributed by atoms with Gasteiger partial charge in [-0.05, 0) is 12.8 Å². The number of nitrogens with two attached hydrogens (primary N) is 1. The van der Waals surface area contributed by atoms with E-state index in [0.717, 1.165) is 13.0 Å². The molecule has 0 aromatic heterocycles. The molecule has 3 N–H and O–H groups in total. The number of hydrogen-bond acceptors (Lipinski definition) is 4. The van der Waals surface area contributed by atoms with Gasteiger partial charge in [-0.1, -0.05) is 77.6 Å². The molecule has 0 saturated carbocycles. The lowest BCUT2D eigenvalue weighted by Crippen LogP contribution is -2.33. The normalized spacial score (nSPS) is 12.2. The van der Waals surface area contributed by atoms with Gasteiger partial charge in [0, 0.05) is 13.1 Å². The Morgan fingerprint density at radius 2 is 1.13 bits per heavy atom. The summed E-state index contributed by atoms with van der Waals surface area (Å²) < 4.78 is 29.8. The summed E-state index contributed by atoms with van der Waals surface area (Å²) in [6.45, 7) is 3.56. The molecule has 5 nitrogen and oxygen atoms in total. The zero-order valence-corrected chi connectivity index (χ0v) is 15.8. The van der Waals surface area contributed by atoms with Crippen LogP contribution in [-0.2, 0) is 10.1 Å². The summed E-state index contributed by atoms with van der Waals surface area (Å²) in [5, 5.41) is 1.65. The first-order valence-electron chi connectivity index (χ1n) is 9.40. The third-order valence-corrected chi connectivity index (χ3v) is 4.95. The average Bonchev–Trinajstić information content (AvgIpc) is 2.47. The standard InChI is InChI=1S/C17H38N2O3S/c1-2-3-4-5-6-7-8-9-10-11-12-13-15-19(18)16-14-17-23(20,21)22/h2-18H2,1H3,(H,20,21,22). The van der Waals surface area contributed by atoms with E-state index in [0.29, 0.717) is 13.0 Å². The van der Waals surface area contributed by atoms with Gasteiger partial charge < -0.3 is 0 Å². The van der Waals surface area contributed by atoms with Crippen molar-refractivity contribution in [3.05, 3.63) is 0 Å². The molecule has 6 heteroatoms. The van der Waals surface area contributed by atoms with Gasteiger partial charge in [-0.15, -0.1) is 0 Å². The minimum Gasteiger partial charge on any atom is -0.286 e. The van der Waals surface area contributed by atoms with Gasteiger partial charge in [0.25, 0.3) is 10.1 Å². The van der Waals surface area contributed by atoms with Crippen LogP contribution in [0.4, 0.5) is 0 Å². The minimum absolute atomic E-state index is 0.209. The summed E-state index contributed by atoms with van der Waals surface area (Å²) in [5.74, 6) is 5.58. The van der Waals surface area contributed by atoms with E-state index in [1.54, 1.807) is 5.01 Å². The second-order valence-corrected chi connectivity index (χ2v) is 8.14. The van der Waals surface area contributed by atoms with Gasteiger partial charge in [-0.25, -0.2) is 5.01 Å². The maximum absolute atomic E-state index is 10.6. The quantitative estimate of drug-likeness (QED) is 0.178. The second-order valence-electron chi connectivity index (χ2n) is 6.56. The van der Waals surface area contributed by atoms with Crippen LogP contribution in [0.15, 0.2) is 0 Å². The van der Waals surface area contributed by atoms with Crippen molar-refractivity contribution in [3.63, 3.8) is 0 Å². The Morgan fingerprint density at radius 1 is 0.739 bits per heavy atom. The van der Waals surface area contributed by atoms with Crippen molar-refractivity contribution in [2.24, 2.45) is 5.84 Å². The molecule has 0 amide bonds. The summed E-state index contributed by atoms with van der Waals surface area (Å²) in [6, 6.07) is 0. The fraction of sp³-hybridized carbons (Fsp3) is 1.00. The molecule has 0 aliphatic carbocycles. The Morgan fingerprint density at radius 3 is 1.57 bits per heavy atom. The fourth-order valence-electron chi connectivity index (χ4n) is 2.72. The average molecular weight is 351 g/mol. The van der Waals surface area contributed by atoms with Gasteiger partial charge in [-0.2, -0.15) is 8.42 Å². The summed E-state index contributed by atoms with van der Waals surface area (Å²) in [5.41, 5.74) is 0. The summed E-state index contributed by atoms with van der Waals surface area (Å²) in [7, 11) is -3.85. The van der Waals surface area contributed by atoms with Crippen molar-refractivity contribution in [2.75, 3.05) is 18.8 Å². The molecule has 0 rings (SSSR count). The number of rotatable bonds is 17. The molecule has 0 aromatic carbocycles. The number of hydrogen-bond donors (Lipinski definition) is 2. The largest absolute Gasteiger partial charge is 0.286 e. The fourth-order valence-corrected chi connectivity index (χ4v) is 3.21. The highest BCUT2D eigenvalue weighted by atomic mass is 32.2. The third-order valence-electron chi connectivity index (χ3n) is 4.15. The highest BCUT2D eigenvalue weighted by Gasteiger charge is 2.05. The molecule has 0 bridgehead atoms. The van der Waals surface area contributed by atoms with Crippen LogP contribution in [0.2, 0.25) is 0 Å². The summed E-state index contributed by atoms with van der Waals surface area (Å²) in [6.07, 6.45) is 16.2. The molecular formula is C17H38N2O3S. The van der Waals surface area contributed by atoms with E-state index >= 15 is 0 Å². The molecule has 0 aromatic rings. The first kappa shape index (κ1) is 22.8. The van der Waals surface area contributed by atoms with E-state index in [2.05, 4.69) is 6.92 Å². The van der Waals surface area contributed by atoms with Gasteiger partial charge in [0.05, 0.1) is 5.75 Å². The monoisotopic (exact) mass is 350 g/mol. The SMILES string of the molecule is CCCCCCCCCCCCCCN(N)CCCS(=O)(=O)O. The summed E-state index contributed by atoms with van der Waals surface area (Å²) >= 11 is 0. The molecule has 23 heavy (non-hydrogen) atoms. The lowest BCUT2D eigenvalue weighted by atomic mass is 10.1. The second kappa shape index (κ2) is 15.4. The van der Waals surface area contributed by atoms with E-state index in [-0.39, 0.29) is 5.75 Å². The topological polar surface area (TPSA) is 83.6 Å². The molecule has 0 heterocycles. The van der Waals surface area contributed by atoms with Crippen LogP contribution in [-0.4, -0.2) is 36.8 Å². The van der Waals surface area contributed by atoms with Crippen LogP contribution in [0, 0.1) is 0 Å². The third kappa shape index (κ3) is 19.8. The number of unbranched alkanes of at least 4 members (excludes halogenated alkanes) is 11. The predicted octanol–water partition coefficient (Wildman–Crippen LogP) is 4.14. The van der Waals surface area contributed by atoms with E-state index < -0.39 is 10.1 Å². The molecule has 0 spiro atoms. The van der Waals surface area contributed by atoms with E-state index in [4.69, 9.17) is 10.4 Å². The lowest BCUT2D eigenvalue weighted by molar-refractivity contribution is 0.275. The van der Waals surface area contributed by atoms with Crippen molar-refractivity contribution in [1.29, 1.82) is 0 Å². The van der Waals surface area contributed by atoms with Crippen LogP contribution in [0.1, 0.15) is 90.4 Å². The Bertz CT molecular complexity index is 348. The molecular weight excluding hydrogens is 312 g/mol. The molecule has 0 saturated heterocycles. The van der Waals surface area contributed by atoms with Crippen LogP contribution in [0.3, 0.4) is 0 Å². The van der Waals surface area contributed by atoms with Gasteiger partial charge in [0.1, 0.15) is 0 Å². The van der Waals surface area contributed by atoms with Crippen molar-refractivity contribution < 1.29 is 13.0 Å². The molecule has 0 fully saturated rings. The molecule has 140 valence electrons. The van der Waals surface area contributed by atoms with Crippen LogP contribution in [0.25, 0.3) is 0 Å². The van der Waals surface area contributed by atoms with Gasteiger partial charge in [0.15, 0.2) is 0 Å². The van der Waals surface area contributed by atoms with E-state index in [9.17, 15) is 8.42 Å². The smallest absolute Gasteiger partial charge is 0.264 e. The number of hydrazine groups is 1. The Balaban J connectivity index is 3.20. The van der Waals surface area contributed by atoms with Crippen molar-refractivity contribution in [2.45, 2.75) is 90.4 Å². The lowest BCUT2D eigenvalue weighted by Gasteiger charge is -2.15. The summed E-state index contributed by atoms with van der Waals surface area (Å²) in [4.78, 5) is 0. The highest BCUT2D eigenvalue weighted by molar-refractivity contribution is 7.85. The Labute approximate surface area is 143 Å². The van der Waals surface area contributed by atoms with E-state index in [1.165, 1.54) is 70.6 Å². The molecule has 0 aliphatic rings. The highest BCUT2D eigenvalue weighted by Crippen LogP contribution is 2.11. The maximum atomic E-state index is 10.6. The van der Waals surface area contributed by atoms with Crippen LogP contribution >= 0.6 is 0 Å². The maximum Gasteiger partial charge on any atom is 0.264 e. The molecule has 0 radical (unpaired) electrons.